The van der Waals surface area contributed by atoms with Gasteiger partial charge in [-0.2, -0.15) is 0 Å². The van der Waals surface area contributed by atoms with Crippen molar-refractivity contribution in [2.45, 2.75) is 46.0 Å². The Morgan fingerprint density at radius 3 is 2.57 bits per heavy atom. The number of allylic oxidation sites excluding steroid dienone is 2. The predicted octanol–water partition coefficient (Wildman–Crippen LogP) is 2.71. The Kier molecular flexibility index (Phi) is 8.54. The lowest BCUT2D eigenvalue weighted by Crippen LogP contribution is -2.16. The molecule has 0 aliphatic carbocycles. The van der Waals surface area contributed by atoms with Crippen molar-refractivity contribution in [2.24, 2.45) is 5.92 Å². The maximum absolute atomic E-state index is 11.5. The molecule has 2 heteroatoms. The molecule has 0 aliphatic heterocycles. The number of carbonyl (C=O) groups excluding carboxylic acids is 1. The fraction of sp³-hybridized carbons (Fsp3) is 0.750. The van der Waals surface area contributed by atoms with Crippen LogP contribution in [0.25, 0.3) is 0 Å². The lowest BCUT2D eigenvalue weighted by Gasteiger charge is -2.09. The summed E-state index contributed by atoms with van der Waals surface area (Å²) in [4.78, 5) is 11.5. The largest absolute Gasteiger partial charge is 0.396 e. The zero-order valence-electron chi connectivity index (χ0n) is 9.33. The quantitative estimate of drug-likeness (QED) is 0.609. The first-order valence-corrected chi connectivity index (χ1v) is 5.57. The standard InChI is InChI=1S/C12H22O2/c1-3-5-7-9-12(14)11(10-13)8-6-4-2/h7,9,11,13H,3-6,8,10H2,1-2H3/b9-7+. The first-order valence-electron chi connectivity index (χ1n) is 5.57. The molecule has 0 aromatic rings. The van der Waals surface area contributed by atoms with Gasteiger partial charge in [0.1, 0.15) is 0 Å². The third kappa shape index (κ3) is 5.92. The highest BCUT2D eigenvalue weighted by molar-refractivity contribution is 5.91. The van der Waals surface area contributed by atoms with Crippen molar-refractivity contribution >= 4 is 5.78 Å². The average Bonchev–Trinajstić information content (AvgIpc) is 2.19. The van der Waals surface area contributed by atoms with E-state index in [0.717, 1.165) is 32.1 Å². The van der Waals surface area contributed by atoms with Crippen LogP contribution in [-0.2, 0) is 4.79 Å². The molecule has 0 aliphatic rings. The highest BCUT2D eigenvalue weighted by Crippen LogP contribution is 2.10. The van der Waals surface area contributed by atoms with Crippen LogP contribution in [-0.4, -0.2) is 17.5 Å². The monoisotopic (exact) mass is 198 g/mol. The van der Waals surface area contributed by atoms with Crippen molar-refractivity contribution in [1.29, 1.82) is 0 Å². The smallest absolute Gasteiger partial charge is 0.160 e. The van der Waals surface area contributed by atoms with Gasteiger partial charge in [-0.05, 0) is 18.9 Å². The first kappa shape index (κ1) is 13.4. The van der Waals surface area contributed by atoms with Gasteiger partial charge in [-0.3, -0.25) is 4.79 Å². The van der Waals surface area contributed by atoms with Gasteiger partial charge in [0.2, 0.25) is 0 Å². The van der Waals surface area contributed by atoms with E-state index in [-0.39, 0.29) is 18.3 Å². The Balaban J connectivity index is 3.90. The van der Waals surface area contributed by atoms with Gasteiger partial charge in [-0.1, -0.05) is 39.2 Å². The van der Waals surface area contributed by atoms with Crippen molar-refractivity contribution in [3.8, 4) is 0 Å². The van der Waals surface area contributed by atoms with Crippen LogP contribution in [0.4, 0.5) is 0 Å². The molecule has 0 heterocycles. The summed E-state index contributed by atoms with van der Waals surface area (Å²) >= 11 is 0. The molecule has 0 radical (unpaired) electrons. The summed E-state index contributed by atoms with van der Waals surface area (Å²) in [6.07, 6.45) is 8.42. The molecule has 82 valence electrons. The zero-order chi connectivity index (χ0) is 10.8. The number of aliphatic hydroxyl groups is 1. The lowest BCUT2D eigenvalue weighted by atomic mass is 9.98. The van der Waals surface area contributed by atoms with Crippen LogP contribution in [0.1, 0.15) is 46.0 Å². The van der Waals surface area contributed by atoms with Gasteiger partial charge in [0.25, 0.3) is 0 Å². The van der Waals surface area contributed by atoms with Crippen LogP contribution in [0.2, 0.25) is 0 Å². The fourth-order valence-corrected chi connectivity index (χ4v) is 1.28. The molecule has 0 aromatic heterocycles. The van der Waals surface area contributed by atoms with Gasteiger partial charge >= 0.3 is 0 Å². The summed E-state index contributed by atoms with van der Waals surface area (Å²) in [5.74, 6) is -0.0996. The first-order chi connectivity index (χ1) is 6.76. The number of rotatable bonds is 8. The van der Waals surface area contributed by atoms with E-state index in [4.69, 9.17) is 5.11 Å². The summed E-state index contributed by atoms with van der Waals surface area (Å²) in [5, 5.41) is 9.02. The summed E-state index contributed by atoms with van der Waals surface area (Å²) < 4.78 is 0. The van der Waals surface area contributed by atoms with Crippen molar-refractivity contribution in [2.75, 3.05) is 6.61 Å². The molecule has 0 bridgehead atoms. The minimum Gasteiger partial charge on any atom is -0.396 e. The van der Waals surface area contributed by atoms with Crippen LogP contribution in [0.3, 0.4) is 0 Å². The van der Waals surface area contributed by atoms with Crippen molar-refractivity contribution in [3.05, 3.63) is 12.2 Å². The minimum absolute atomic E-state index is 0.0186. The highest BCUT2D eigenvalue weighted by atomic mass is 16.3. The summed E-state index contributed by atoms with van der Waals surface area (Å²) in [6, 6.07) is 0. The molecule has 1 atom stereocenters. The minimum atomic E-state index is -0.178. The molecular weight excluding hydrogens is 176 g/mol. The van der Waals surface area contributed by atoms with Gasteiger partial charge in [-0.15, -0.1) is 0 Å². The van der Waals surface area contributed by atoms with Crippen molar-refractivity contribution in [3.63, 3.8) is 0 Å². The third-order valence-corrected chi connectivity index (χ3v) is 2.27. The molecule has 0 spiro atoms. The number of aliphatic hydroxyl groups excluding tert-OH is 1. The van der Waals surface area contributed by atoms with Crippen molar-refractivity contribution in [1.82, 2.24) is 0 Å². The molecular formula is C12H22O2. The zero-order valence-corrected chi connectivity index (χ0v) is 9.33. The molecule has 0 amide bonds. The average molecular weight is 198 g/mol. The van der Waals surface area contributed by atoms with E-state index >= 15 is 0 Å². The Bertz CT molecular complexity index is 173. The van der Waals surface area contributed by atoms with Gasteiger partial charge in [0.05, 0.1) is 6.61 Å². The maximum atomic E-state index is 11.5. The highest BCUT2D eigenvalue weighted by Gasteiger charge is 2.13. The third-order valence-electron chi connectivity index (χ3n) is 2.27. The Labute approximate surface area is 87.0 Å². The Morgan fingerprint density at radius 1 is 1.36 bits per heavy atom. The van der Waals surface area contributed by atoms with Crippen LogP contribution in [0, 0.1) is 5.92 Å². The SMILES string of the molecule is CCC/C=C/C(=O)C(CO)CCCC. The number of hydrogen-bond acceptors (Lipinski definition) is 2. The molecule has 1 N–H and O–H groups in total. The second kappa shape index (κ2) is 8.95. The number of carbonyl (C=O) groups is 1. The topological polar surface area (TPSA) is 37.3 Å². The normalized spacial score (nSPS) is 13.4. The Morgan fingerprint density at radius 2 is 2.07 bits per heavy atom. The molecule has 1 unspecified atom stereocenters. The van der Waals surface area contributed by atoms with Crippen molar-refractivity contribution < 1.29 is 9.90 Å². The number of ketones is 1. The number of unbranched alkanes of at least 4 members (excludes halogenated alkanes) is 2. The van der Waals surface area contributed by atoms with E-state index in [1.54, 1.807) is 6.08 Å². The van der Waals surface area contributed by atoms with E-state index in [2.05, 4.69) is 13.8 Å². The summed E-state index contributed by atoms with van der Waals surface area (Å²) in [5.41, 5.74) is 0. The van der Waals surface area contributed by atoms with Crippen LogP contribution >= 0.6 is 0 Å². The second-order valence-corrected chi connectivity index (χ2v) is 3.62. The molecule has 14 heavy (non-hydrogen) atoms. The van der Waals surface area contributed by atoms with E-state index < -0.39 is 0 Å². The van der Waals surface area contributed by atoms with Gasteiger partial charge < -0.3 is 5.11 Å². The van der Waals surface area contributed by atoms with E-state index in [1.807, 2.05) is 6.08 Å². The van der Waals surface area contributed by atoms with E-state index in [0.29, 0.717) is 0 Å². The fourth-order valence-electron chi connectivity index (χ4n) is 1.28. The van der Waals surface area contributed by atoms with Crippen LogP contribution in [0.5, 0.6) is 0 Å². The molecule has 0 saturated heterocycles. The molecule has 0 rings (SSSR count). The van der Waals surface area contributed by atoms with E-state index in [9.17, 15) is 4.79 Å². The van der Waals surface area contributed by atoms with E-state index in [1.165, 1.54) is 0 Å². The second-order valence-electron chi connectivity index (χ2n) is 3.62. The van der Waals surface area contributed by atoms with Crippen LogP contribution < -0.4 is 0 Å². The lowest BCUT2D eigenvalue weighted by molar-refractivity contribution is -0.119. The molecule has 2 nitrogen and oxygen atoms in total. The molecule has 0 aromatic carbocycles. The Hall–Kier alpha value is -0.630. The molecule has 0 fully saturated rings. The summed E-state index contributed by atoms with van der Waals surface area (Å²) in [6.45, 7) is 4.15. The number of hydrogen-bond donors (Lipinski definition) is 1. The van der Waals surface area contributed by atoms with Gasteiger partial charge in [0, 0.05) is 5.92 Å². The predicted molar refractivity (Wildman–Crippen MR) is 59.2 cm³/mol. The van der Waals surface area contributed by atoms with Gasteiger partial charge in [0.15, 0.2) is 5.78 Å². The molecule has 0 saturated carbocycles. The summed E-state index contributed by atoms with van der Waals surface area (Å²) in [7, 11) is 0. The van der Waals surface area contributed by atoms with Crippen LogP contribution in [0.15, 0.2) is 12.2 Å². The van der Waals surface area contributed by atoms with Gasteiger partial charge in [-0.25, -0.2) is 0 Å². The maximum Gasteiger partial charge on any atom is 0.160 e.